The molecule has 4 aromatic rings. The minimum atomic E-state index is -0.194. The van der Waals surface area contributed by atoms with Crippen LogP contribution in [0.5, 0.6) is 11.5 Å². The third kappa shape index (κ3) is 3.81. The second kappa shape index (κ2) is 9.09. The number of ether oxygens (including phenoxy) is 2. The molecule has 6 nitrogen and oxygen atoms in total. The molecule has 0 spiro atoms. The first-order valence-electron chi connectivity index (χ1n) is 11.8. The van der Waals surface area contributed by atoms with Gasteiger partial charge in [-0.3, -0.25) is 0 Å². The number of aromatic nitrogens is 1. The molecule has 0 fully saturated rings. The Bertz CT molecular complexity index is 1370. The molecule has 180 valence electrons. The predicted molar refractivity (Wildman–Crippen MR) is 141 cm³/mol. The smallest absolute Gasteiger partial charge is 0.323 e. The average molecular weight is 506 g/mol. The van der Waals surface area contributed by atoms with Crippen LogP contribution in [-0.2, 0) is 19.4 Å². The molecule has 0 bridgehead atoms. The first kappa shape index (κ1) is 22.2. The summed E-state index contributed by atoms with van der Waals surface area (Å²) in [6.45, 7) is 0.559. The summed E-state index contributed by atoms with van der Waals surface area (Å²) in [7, 11) is 3.22. The first-order valence-corrected chi connectivity index (χ1v) is 13.5. The Kier molecular flexibility index (Phi) is 5.78. The molecule has 1 aliphatic carbocycles. The summed E-state index contributed by atoms with van der Waals surface area (Å²) in [6.07, 6.45) is 6.80. The van der Waals surface area contributed by atoms with Crippen LogP contribution in [0.4, 0.5) is 10.5 Å². The zero-order valence-corrected chi connectivity index (χ0v) is 21.4. The molecule has 1 aliphatic heterocycles. The highest BCUT2D eigenvalue weighted by molar-refractivity contribution is 7.15. The number of benzene rings is 1. The van der Waals surface area contributed by atoms with E-state index in [9.17, 15) is 4.79 Å². The fraction of sp³-hybridized carbons (Fsp3) is 0.296. The number of carbonyl (C=O) groups is 1. The van der Waals surface area contributed by atoms with Crippen molar-refractivity contribution in [1.82, 2.24) is 9.47 Å². The van der Waals surface area contributed by atoms with E-state index < -0.39 is 0 Å². The molecule has 0 unspecified atom stereocenters. The molecule has 2 amide bonds. The van der Waals surface area contributed by atoms with Gasteiger partial charge in [-0.25, -0.2) is 4.79 Å². The molecule has 0 saturated heterocycles. The number of thiophene rings is 2. The molecular formula is C27H27N3O3S2. The van der Waals surface area contributed by atoms with Gasteiger partial charge in [0.25, 0.3) is 0 Å². The van der Waals surface area contributed by atoms with Crippen LogP contribution in [-0.4, -0.2) is 29.7 Å². The number of methoxy groups -OCH3 is 2. The predicted octanol–water partition coefficient (Wildman–Crippen LogP) is 6.63. The molecule has 1 aromatic carbocycles. The van der Waals surface area contributed by atoms with Gasteiger partial charge in [0, 0.05) is 27.6 Å². The van der Waals surface area contributed by atoms with Crippen molar-refractivity contribution in [3.05, 3.63) is 80.6 Å². The summed E-state index contributed by atoms with van der Waals surface area (Å²) in [5.74, 6) is 1.26. The molecule has 3 aromatic heterocycles. The Morgan fingerprint density at radius 1 is 1.06 bits per heavy atom. The Hall–Kier alpha value is -3.23. The molecule has 1 N–H and O–H groups in total. The Labute approximate surface area is 212 Å². The maximum Gasteiger partial charge on any atom is 0.323 e. The zero-order valence-electron chi connectivity index (χ0n) is 19.7. The Morgan fingerprint density at radius 3 is 2.74 bits per heavy atom. The fourth-order valence-electron chi connectivity index (χ4n) is 5.23. The molecule has 6 rings (SSSR count). The van der Waals surface area contributed by atoms with Gasteiger partial charge < -0.3 is 24.3 Å². The van der Waals surface area contributed by atoms with Crippen LogP contribution in [0, 0.1) is 0 Å². The minimum Gasteiger partial charge on any atom is -0.497 e. The van der Waals surface area contributed by atoms with E-state index in [2.05, 4.69) is 45.7 Å². The number of fused-ring (bicyclic) bond motifs is 5. The van der Waals surface area contributed by atoms with Crippen molar-refractivity contribution in [3.8, 4) is 16.5 Å². The average Bonchev–Trinajstić information content (AvgIpc) is 3.63. The topological polar surface area (TPSA) is 55.7 Å². The summed E-state index contributed by atoms with van der Waals surface area (Å²) >= 11 is 3.58. The van der Waals surface area contributed by atoms with Crippen LogP contribution in [0.15, 0.2) is 54.0 Å². The lowest BCUT2D eigenvalue weighted by atomic mass is 9.95. The minimum absolute atomic E-state index is 0.161. The number of aryl methyl sites for hydroxylation is 1. The van der Waals surface area contributed by atoms with Gasteiger partial charge in [0.2, 0.25) is 0 Å². The summed E-state index contributed by atoms with van der Waals surface area (Å²) in [4.78, 5) is 18.6. The SMILES string of the molecule is COc1ccc(OC)c(NC(=O)N2Cc3c(sc4c3CCCC4)-n3cccc3[C@H]2c2cccs2)c1. The number of nitrogens with one attached hydrogen (secondary N) is 1. The van der Waals surface area contributed by atoms with Crippen molar-refractivity contribution >= 4 is 34.4 Å². The van der Waals surface area contributed by atoms with E-state index in [1.54, 1.807) is 31.6 Å². The zero-order chi connectivity index (χ0) is 23.9. The lowest BCUT2D eigenvalue weighted by molar-refractivity contribution is 0.195. The largest absolute Gasteiger partial charge is 0.497 e. The molecule has 0 saturated carbocycles. The van der Waals surface area contributed by atoms with E-state index in [0.717, 1.165) is 23.4 Å². The molecule has 4 heterocycles. The molecule has 35 heavy (non-hydrogen) atoms. The number of rotatable bonds is 4. The normalized spacial score (nSPS) is 16.6. The van der Waals surface area contributed by atoms with Crippen LogP contribution in [0.3, 0.4) is 0 Å². The number of hydrogen-bond donors (Lipinski definition) is 1. The Morgan fingerprint density at radius 2 is 1.94 bits per heavy atom. The van der Waals surface area contributed by atoms with Gasteiger partial charge in [0.1, 0.15) is 22.5 Å². The van der Waals surface area contributed by atoms with Crippen molar-refractivity contribution in [2.24, 2.45) is 0 Å². The maximum absolute atomic E-state index is 14.0. The van der Waals surface area contributed by atoms with Gasteiger partial charge in [0.15, 0.2) is 0 Å². The van der Waals surface area contributed by atoms with Gasteiger partial charge in [-0.15, -0.1) is 22.7 Å². The highest BCUT2D eigenvalue weighted by Gasteiger charge is 2.36. The van der Waals surface area contributed by atoms with Gasteiger partial charge in [0.05, 0.1) is 32.1 Å². The van der Waals surface area contributed by atoms with Crippen molar-refractivity contribution in [2.45, 2.75) is 38.3 Å². The molecule has 8 heteroatoms. The second-order valence-electron chi connectivity index (χ2n) is 8.84. The van der Waals surface area contributed by atoms with E-state index in [1.165, 1.54) is 33.8 Å². The standard InChI is InChI=1S/C27H27N3O3S2/c1-32-17-11-12-22(33-2)20(15-17)28-27(31)30-16-19-18-7-3-4-9-23(18)35-26(19)29-13-5-8-21(29)25(30)24-10-6-14-34-24/h5-6,8,10-15,25H,3-4,7,9,16H2,1-2H3,(H,28,31)/t25-/m0/s1. The lowest BCUT2D eigenvalue weighted by Gasteiger charge is -2.30. The molecule has 2 aliphatic rings. The monoisotopic (exact) mass is 505 g/mol. The van der Waals surface area contributed by atoms with Crippen molar-refractivity contribution in [3.63, 3.8) is 0 Å². The van der Waals surface area contributed by atoms with E-state index in [1.807, 2.05) is 28.4 Å². The number of hydrogen-bond acceptors (Lipinski definition) is 5. The molecule has 0 radical (unpaired) electrons. The number of nitrogens with zero attached hydrogens (tertiary/aromatic N) is 2. The fourth-order valence-corrected chi connectivity index (χ4v) is 7.48. The van der Waals surface area contributed by atoms with Crippen molar-refractivity contribution in [2.75, 3.05) is 19.5 Å². The Balaban J connectivity index is 1.47. The number of carbonyl (C=O) groups excluding carboxylic acids is 1. The van der Waals surface area contributed by atoms with Gasteiger partial charge in [-0.2, -0.15) is 0 Å². The summed E-state index contributed by atoms with van der Waals surface area (Å²) in [5, 5.41) is 6.47. The third-order valence-electron chi connectivity index (χ3n) is 6.90. The molecule has 1 atom stereocenters. The van der Waals surface area contributed by atoms with Crippen LogP contribution in [0.25, 0.3) is 5.00 Å². The van der Waals surface area contributed by atoms with Gasteiger partial charge >= 0.3 is 6.03 Å². The highest BCUT2D eigenvalue weighted by Crippen LogP contribution is 2.45. The van der Waals surface area contributed by atoms with Crippen LogP contribution >= 0.6 is 22.7 Å². The van der Waals surface area contributed by atoms with E-state index in [-0.39, 0.29) is 12.1 Å². The van der Waals surface area contributed by atoms with E-state index in [4.69, 9.17) is 9.47 Å². The second-order valence-corrected chi connectivity index (χ2v) is 10.9. The molecular weight excluding hydrogens is 478 g/mol. The number of anilines is 1. The summed E-state index contributed by atoms with van der Waals surface area (Å²) in [6, 6.07) is 13.5. The van der Waals surface area contributed by atoms with Gasteiger partial charge in [-0.1, -0.05) is 6.07 Å². The van der Waals surface area contributed by atoms with Crippen molar-refractivity contribution in [1.29, 1.82) is 0 Å². The van der Waals surface area contributed by atoms with E-state index in [0.29, 0.717) is 23.7 Å². The number of urea groups is 1. The first-order chi connectivity index (χ1) is 17.2. The number of amides is 2. The lowest BCUT2D eigenvalue weighted by Crippen LogP contribution is -2.37. The highest BCUT2D eigenvalue weighted by atomic mass is 32.1. The van der Waals surface area contributed by atoms with Crippen LogP contribution < -0.4 is 14.8 Å². The van der Waals surface area contributed by atoms with Crippen LogP contribution in [0.1, 0.15) is 45.5 Å². The summed E-state index contributed by atoms with van der Waals surface area (Å²) in [5.41, 5.74) is 4.43. The van der Waals surface area contributed by atoms with Crippen LogP contribution in [0.2, 0.25) is 0 Å². The third-order valence-corrected chi connectivity index (χ3v) is 9.16. The van der Waals surface area contributed by atoms with Crippen molar-refractivity contribution < 1.29 is 14.3 Å². The summed E-state index contributed by atoms with van der Waals surface area (Å²) < 4.78 is 13.2. The quantitative estimate of drug-likeness (QED) is 0.339. The van der Waals surface area contributed by atoms with Gasteiger partial charge in [-0.05, 0) is 67.0 Å². The van der Waals surface area contributed by atoms with E-state index >= 15 is 0 Å². The maximum atomic E-state index is 14.0.